The summed E-state index contributed by atoms with van der Waals surface area (Å²) in [6.07, 6.45) is 9.70. The minimum Gasteiger partial charge on any atom is -0.325 e. The van der Waals surface area contributed by atoms with Gasteiger partial charge in [-0.3, -0.25) is 0 Å². The molecule has 0 aromatic carbocycles. The molecule has 3 N–H and O–H groups in total. The third kappa shape index (κ3) is 1.84. The summed E-state index contributed by atoms with van der Waals surface area (Å²) in [6, 6.07) is 0. The summed E-state index contributed by atoms with van der Waals surface area (Å²) in [6.45, 7) is 4.72. The highest BCUT2D eigenvalue weighted by atomic mass is 14.9. The van der Waals surface area contributed by atoms with Crippen molar-refractivity contribution in [1.82, 2.24) is 5.32 Å². The van der Waals surface area contributed by atoms with E-state index in [0.29, 0.717) is 0 Å². The standard InChI is InChI=1S/C15H28N2/c1-2-3-4-7-17-10-12-13-6-5-11-8-14(12)15(13,16)9-11/h11-14,17H,2-10,16H2,1H3. The second kappa shape index (κ2) is 4.55. The highest BCUT2D eigenvalue weighted by Gasteiger charge is 2.65. The van der Waals surface area contributed by atoms with E-state index in [1.807, 2.05) is 0 Å². The van der Waals surface area contributed by atoms with Crippen LogP contribution in [0.5, 0.6) is 0 Å². The predicted molar refractivity (Wildman–Crippen MR) is 71.7 cm³/mol. The number of rotatable bonds is 6. The molecular formula is C15H28N2. The second-order valence-electron chi connectivity index (χ2n) is 6.78. The van der Waals surface area contributed by atoms with E-state index in [2.05, 4.69) is 12.2 Å². The van der Waals surface area contributed by atoms with Gasteiger partial charge in [0.15, 0.2) is 0 Å². The van der Waals surface area contributed by atoms with Gasteiger partial charge < -0.3 is 11.1 Å². The van der Waals surface area contributed by atoms with Crippen LogP contribution in [0.25, 0.3) is 0 Å². The van der Waals surface area contributed by atoms with Crippen LogP contribution in [0, 0.1) is 23.7 Å². The molecule has 3 saturated carbocycles. The van der Waals surface area contributed by atoms with Crippen molar-refractivity contribution in [3.05, 3.63) is 0 Å². The highest BCUT2D eigenvalue weighted by molar-refractivity contribution is 5.19. The molecule has 0 aromatic rings. The van der Waals surface area contributed by atoms with Crippen molar-refractivity contribution in [2.24, 2.45) is 29.4 Å². The molecule has 0 saturated heterocycles. The van der Waals surface area contributed by atoms with E-state index in [9.17, 15) is 0 Å². The fourth-order valence-corrected chi connectivity index (χ4v) is 5.04. The van der Waals surface area contributed by atoms with Gasteiger partial charge in [0.05, 0.1) is 0 Å². The van der Waals surface area contributed by atoms with Crippen molar-refractivity contribution in [3.63, 3.8) is 0 Å². The van der Waals surface area contributed by atoms with E-state index >= 15 is 0 Å². The molecule has 3 rings (SSSR count). The van der Waals surface area contributed by atoms with E-state index in [4.69, 9.17) is 5.73 Å². The molecule has 98 valence electrons. The van der Waals surface area contributed by atoms with Gasteiger partial charge in [-0.1, -0.05) is 26.2 Å². The van der Waals surface area contributed by atoms with Gasteiger partial charge in [-0.05, 0) is 62.4 Å². The lowest BCUT2D eigenvalue weighted by atomic mass is 9.51. The molecule has 5 atom stereocenters. The van der Waals surface area contributed by atoms with Gasteiger partial charge in [0.2, 0.25) is 0 Å². The Morgan fingerprint density at radius 2 is 2.12 bits per heavy atom. The van der Waals surface area contributed by atoms with Crippen LogP contribution >= 0.6 is 0 Å². The quantitative estimate of drug-likeness (QED) is 0.696. The Balaban J connectivity index is 1.47. The van der Waals surface area contributed by atoms with Gasteiger partial charge in [-0.25, -0.2) is 0 Å². The van der Waals surface area contributed by atoms with Crippen LogP contribution in [0.2, 0.25) is 0 Å². The first-order valence-corrected chi connectivity index (χ1v) is 7.75. The Morgan fingerprint density at radius 3 is 2.94 bits per heavy atom. The lowest BCUT2D eigenvalue weighted by molar-refractivity contribution is -0.0360. The second-order valence-corrected chi connectivity index (χ2v) is 6.78. The molecule has 0 heterocycles. The molecule has 0 aliphatic heterocycles. The molecule has 0 aromatic heterocycles. The Bertz CT molecular complexity index is 270. The largest absolute Gasteiger partial charge is 0.325 e. The molecule has 5 unspecified atom stereocenters. The van der Waals surface area contributed by atoms with Gasteiger partial charge in [0, 0.05) is 5.54 Å². The molecule has 2 nitrogen and oxygen atoms in total. The zero-order valence-electron chi connectivity index (χ0n) is 11.3. The lowest BCUT2D eigenvalue weighted by Gasteiger charge is -2.58. The Morgan fingerprint density at radius 1 is 1.24 bits per heavy atom. The first kappa shape index (κ1) is 12.0. The molecule has 2 heteroatoms. The molecule has 0 amide bonds. The maximum absolute atomic E-state index is 6.61. The molecule has 3 aliphatic carbocycles. The monoisotopic (exact) mass is 236 g/mol. The van der Waals surface area contributed by atoms with E-state index in [0.717, 1.165) is 23.7 Å². The third-order valence-electron chi connectivity index (χ3n) is 5.87. The van der Waals surface area contributed by atoms with Crippen molar-refractivity contribution in [2.45, 2.75) is 57.4 Å². The van der Waals surface area contributed by atoms with E-state index in [1.165, 1.54) is 58.0 Å². The molecule has 0 radical (unpaired) electrons. The van der Waals surface area contributed by atoms with E-state index < -0.39 is 0 Å². The van der Waals surface area contributed by atoms with Crippen molar-refractivity contribution in [3.8, 4) is 0 Å². The van der Waals surface area contributed by atoms with Crippen molar-refractivity contribution in [2.75, 3.05) is 13.1 Å². The van der Waals surface area contributed by atoms with Gasteiger partial charge in [-0.2, -0.15) is 0 Å². The summed E-state index contributed by atoms with van der Waals surface area (Å²) >= 11 is 0. The van der Waals surface area contributed by atoms with Gasteiger partial charge in [-0.15, -0.1) is 0 Å². The zero-order valence-corrected chi connectivity index (χ0v) is 11.3. The minimum absolute atomic E-state index is 0.276. The fourth-order valence-electron chi connectivity index (χ4n) is 5.04. The van der Waals surface area contributed by atoms with Gasteiger partial charge in [0.25, 0.3) is 0 Å². The average Bonchev–Trinajstić information content (AvgIpc) is 2.47. The molecule has 3 aliphatic rings. The van der Waals surface area contributed by atoms with Crippen molar-refractivity contribution in [1.29, 1.82) is 0 Å². The highest BCUT2D eigenvalue weighted by Crippen LogP contribution is 2.64. The summed E-state index contributed by atoms with van der Waals surface area (Å²) in [5.74, 6) is 3.60. The van der Waals surface area contributed by atoms with Gasteiger partial charge in [0.1, 0.15) is 0 Å². The topological polar surface area (TPSA) is 38.0 Å². The smallest absolute Gasteiger partial charge is 0.0220 e. The lowest BCUT2D eigenvalue weighted by Crippen LogP contribution is -2.67. The Labute approximate surface area is 106 Å². The zero-order chi connectivity index (χ0) is 11.9. The maximum atomic E-state index is 6.61. The first-order chi connectivity index (χ1) is 8.25. The SMILES string of the molecule is CCCCCNCC1C2CCC3CC1C2(N)C3. The third-order valence-corrected chi connectivity index (χ3v) is 5.87. The molecule has 17 heavy (non-hydrogen) atoms. The number of unbranched alkanes of at least 4 members (excludes halogenated alkanes) is 2. The van der Waals surface area contributed by atoms with Crippen LogP contribution in [0.1, 0.15) is 51.9 Å². The van der Waals surface area contributed by atoms with Crippen LogP contribution < -0.4 is 11.1 Å². The van der Waals surface area contributed by atoms with Crippen LogP contribution in [0.4, 0.5) is 0 Å². The fraction of sp³-hybridized carbons (Fsp3) is 1.00. The van der Waals surface area contributed by atoms with Crippen LogP contribution in [-0.4, -0.2) is 18.6 Å². The predicted octanol–water partition coefficient (Wildman–Crippen LogP) is 2.53. The molecule has 0 spiro atoms. The summed E-state index contributed by atoms with van der Waals surface area (Å²) in [4.78, 5) is 0. The number of hydrogen-bond donors (Lipinski definition) is 2. The average molecular weight is 236 g/mol. The normalized spacial score (nSPS) is 46.9. The van der Waals surface area contributed by atoms with Crippen LogP contribution in [-0.2, 0) is 0 Å². The Kier molecular flexibility index (Phi) is 3.20. The first-order valence-electron chi connectivity index (χ1n) is 7.75. The minimum atomic E-state index is 0.276. The Hall–Kier alpha value is -0.0800. The van der Waals surface area contributed by atoms with Crippen molar-refractivity contribution < 1.29 is 0 Å². The number of fused-ring (bicyclic) bond motifs is 1. The number of nitrogens with one attached hydrogen (secondary N) is 1. The van der Waals surface area contributed by atoms with E-state index in [1.54, 1.807) is 0 Å². The molecule has 3 fully saturated rings. The van der Waals surface area contributed by atoms with Gasteiger partial charge >= 0.3 is 0 Å². The summed E-state index contributed by atoms with van der Waals surface area (Å²) in [5, 5.41) is 3.68. The summed E-state index contributed by atoms with van der Waals surface area (Å²) < 4.78 is 0. The number of hydrogen-bond acceptors (Lipinski definition) is 2. The van der Waals surface area contributed by atoms with Crippen LogP contribution in [0.15, 0.2) is 0 Å². The van der Waals surface area contributed by atoms with Crippen LogP contribution in [0.3, 0.4) is 0 Å². The summed E-state index contributed by atoms with van der Waals surface area (Å²) in [5.41, 5.74) is 6.88. The number of nitrogens with two attached hydrogens (primary N) is 1. The summed E-state index contributed by atoms with van der Waals surface area (Å²) in [7, 11) is 0. The van der Waals surface area contributed by atoms with Crippen molar-refractivity contribution >= 4 is 0 Å². The molecule has 2 bridgehead atoms. The molecular weight excluding hydrogens is 208 g/mol. The maximum Gasteiger partial charge on any atom is 0.0220 e. The van der Waals surface area contributed by atoms with E-state index in [-0.39, 0.29) is 5.54 Å².